The molecule has 108 valence electrons. The molecular formula is C18H26N2. The summed E-state index contributed by atoms with van der Waals surface area (Å²) in [6.45, 7) is 1.24. The van der Waals surface area contributed by atoms with Crippen LogP contribution >= 0.6 is 0 Å². The summed E-state index contributed by atoms with van der Waals surface area (Å²) >= 11 is 0. The number of benzene rings is 1. The number of nitrogens with zero attached hydrogens (tertiary/aromatic N) is 1. The first-order chi connectivity index (χ1) is 9.80. The van der Waals surface area contributed by atoms with E-state index in [1.165, 1.54) is 69.2 Å². The molecule has 1 heterocycles. The normalized spacial score (nSPS) is 28.0. The van der Waals surface area contributed by atoms with Crippen LogP contribution in [0.4, 0.5) is 11.4 Å². The molecule has 1 aliphatic heterocycles. The zero-order chi connectivity index (χ0) is 13.6. The summed E-state index contributed by atoms with van der Waals surface area (Å²) in [6.07, 6.45) is 12.6. The van der Waals surface area contributed by atoms with Gasteiger partial charge in [-0.05, 0) is 61.6 Å². The summed E-state index contributed by atoms with van der Waals surface area (Å²) in [7, 11) is 0. The van der Waals surface area contributed by atoms with E-state index in [9.17, 15) is 0 Å². The van der Waals surface area contributed by atoms with E-state index in [1.54, 1.807) is 0 Å². The third-order valence-corrected chi connectivity index (χ3v) is 6.17. The van der Waals surface area contributed by atoms with Crippen LogP contribution in [0.15, 0.2) is 18.2 Å². The molecule has 20 heavy (non-hydrogen) atoms. The Hall–Kier alpha value is -1.18. The quantitative estimate of drug-likeness (QED) is 0.777. The third-order valence-electron chi connectivity index (χ3n) is 6.17. The van der Waals surface area contributed by atoms with E-state index < -0.39 is 0 Å². The lowest BCUT2D eigenvalue weighted by atomic mass is 9.56. The van der Waals surface area contributed by atoms with Gasteiger partial charge in [-0.2, -0.15) is 0 Å². The lowest BCUT2D eigenvalue weighted by molar-refractivity contribution is 0.0393. The lowest BCUT2D eigenvalue weighted by Crippen LogP contribution is -2.57. The highest BCUT2D eigenvalue weighted by Gasteiger charge is 2.50. The fourth-order valence-corrected chi connectivity index (χ4v) is 5.01. The maximum atomic E-state index is 6.21. The Kier molecular flexibility index (Phi) is 2.94. The van der Waals surface area contributed by atoms with Crippen molar-refractivity contribution in [2.24, 2.45) is 5.41 Å². The minimum atomic E-state index is 0.650. The molecule has 1 aromatic carbocycles. The molecule has 2 saturated carbocycles. The average Bonchev–Trinajstić information content (AvgIpc) is 2.48. The second-order valence-electron chi connectivity index (χ2n) is 7.12. The van der Waals surface area contributed by atoms with E-state index in [0.29, 0.717) is 5.41 Å². The molecule has 1 aromatic rings. The van der Waals surface area contributed by atoms with Gasteiger partial charge in [0, 0.05) is 24.0 Å². The van der Waals surface area contributed by atoms with Gasteiger partial charge in [0.2, 0.25) is 0 Å². The summed E-state index contributed by atoms with van der Waals surface area (Å²) in [5, 5.41) is 0. The molecule has 1 spiro atoms. The van der Waals surface area contributed by atoms with Crippen molar-refractivity contribution in [1.82, 2.24) is 0 Å². The van der Waals surface area contributed by atoms with E-state index in [4.69, 9.17) is 5.73 Å². The summed E-state index contributed by atoms with van der Waals surface area (Å²) in [5.74, 6) is 0. The van der Waals surface area contributed by atoms with Crippen LogP contribution in [0.5, 0.6) is 0 Å². The number of anilines is 2. The van der Waals surface area contributed by atoms with Crippen molar-refractivity contribution in [3.05, 3.63) is 23.8 Å². The molecule has 0 bridgehead atoms. The van der Waals surface area contributed by atoms with Crippen LogP contribution in [0.25, 0.3) is 0 Å². The van der Waals surface area contributed by atoms with Crippen LogP contribution in [-0.4, -0.2) is 12.6 Å². The molecular weight excluding hydrogens is 244 g/mol. The highest BCUT2D eigenvalue weighted by atomic mass is 15.2. The molecule has 3 aliphatic rings. The van der Waals surface area contributed by atoms with Crippen LogP contribution in [0.2, 0.25) is 0 Å². The van der Waals surface area contributed by atoms with E-state index >= 15 is 0 Å². The van der Waals surface area contributed by atoms with E-state index in [-0.39, 0.29) is 0 Å². The first-order valence-corrected chi connectivity index (χ1v) is 8.44. The smallest absolute Gasteiger partial charge is 0.0422 e. The van der Waals surface area contributed by atoms with Gasteiger partial charge in [-0.3, -0.25) is 0 Å². The maximum absolute atomic E-state index is 6.21. The van der Waals surface area contributed by atoms with Crippen molar-refractivity contribution in [3.8, 4) is 0 Å². The van der Waals surface area contributed by atoms with Crippen molar-refractivity contribution in [1.29, 1.82) is 0 Å². The molecule has 2 nitrogen and oxygen atoms in total. The SMILES string of the molecule is Nc1cccc2c1CCCN2C1CCC12CCCCC2. The molecule has 0 radical (unpaired) electrons. The predicted molar refractivity (Wildman–Crippen MR) is 85.1 cm³/mol. The summed E-state index contributed by atoms with van der Waals surface area (Å²) in [4.78, 5) is 2.73. The van der Waals surface area contributed by atoms with Crippen molar-refractivity contribution in [2.45, 2.75) is 63.8 Å². The number of hydrogen-bond donors (Lipinski definition) is 1. The van der Waals surface area contributed by atoms with Crippen molar-refractivity contribution in [2.75, 3.05) is 17.2 Å². The Morgan fingerprint density at radius 3 is 2.65 bits per heavy atom. The van der Waals surface area contributed by atoms with Crippen molar-refractivity contribution < 1.29 is 0 Å². The van der Waals surface area contributed by atoms with Gasteiger partial charge in [0.15, 0.2) is 0 Å². The topological polar surface area (TPSA) is 29.3 Å². The minimum Gasteiger partial charge on any atom is -0.398 e. The minimum absolute atomic E-state index is 0.650. The van der Waals surface area contributed by atoms with Gasteiger partial charge >= 0.3 is 0 Å². The molecule has 2 fully saturated rings. The Morgan fingerprint density at radius 1 is 1.05 bits per heavy atom. The average molecular weight is 270 g/mol. The standard InChI is InChI=1S/C18H26N2/c19-15-7-4-8-16-14(15)6-5-13-20(16)17-9-12-18(17)10-2-1-3-11-18/h4,7-8,17H,1-3,5-6,9-13,19H2. The van der Waals surface area contributed by atoms with Crippen LogP contribution in [0.1, 0.15) is 56.9 Å². The fraction of sp³-hybridized carbons (Fsp3) is 0.667. The Labute approximate surface area is 122 Å². The molecule has 0 saturated heterocycles. The second kappa shape index (κ2) is 4.68. The molecule has 2 N–H and O–H groups in total. The van der Waals surface area contributed by atoms with Crippen molar-refractivity contribution >= 4 is 11.4 Å². The van der Waals surface area contributed by atoms with E-state index in [1.807, 2.05) is 0 Å². The Balaban J connectivity index is 1.66. The zero-order valence-corrected chi connectivity index (χ0v) is 12.4. The number of hydrogen-bond acceptors (Lipinski definition) is 2. The number of fused-ring (bicyclic) bond motifs is 1. The molecule has 1 atom stereocenters. The van der Waals surface area contributed by atoms with Crippen LogP contribution in [0.3, 0.4) is 0 Å². The molecule has 0 amide bonds. The number of rotatable bonds is 1. The van der Waals surface area contributed by atoms with Gasteiger partial charge < -0.3 is 10.6 Å². The van der Waals surface area contributed by atoms with Crippen LogP contribution < -0.4 is 10.6 Å². The highest BCUT2D eigenvalue weighted by molar-refractivity contribution is 5.67. The van der Waals surface area contributed by atoms with Gasteiger partial charge in [0.25, 0.3) is 0 Å². The summed E-state index contributed by atoms with van der Waals surface area (Å²) < 4.78 is 0. The van der Waals surface area contributed by atoms with Crippen molar-refractivity contribution in [3.63, 3.8) is 0 Å². The first-order valence-electron chi connectivity index (χ1n) is 8.44. The van der Waals surface area contributed by atoms with E-state index in [2.05, 4.69) is 23.1 Å². The predicted octanol–water partition coefficient (Wildman–Crippen LogP) is 4.13. The van der Waals surface area contributed by atoms with Gasteiger partial charge in [-0.15, -0.1) is 0 Å². The fourth-order valence-electron chi connectivity index (χ4n) is 5.01. The molecule has 2 aliphatic carbocycles. The van der Waals surface area contributed by atoms with Gasteiger partial charge in [0.05, 0.1) is 0 Å². The van der Waals surface area contributed by atoms with E-state index in [0.717, 1.165) is 18.2 Å². The summed E-state index contributed by atoms with van der Waals surface area (Å²) in [6, 6.07) is 7.31. The molecule has 2 heteroatoms. The monoisotopic (exact) mass is 270 g/mol. The Bertz CT molecular complexity index is 502. The second-order valence-corrected chi connectivity index (χ2v) is 7.12. The lowest BCUT2D eigenvalue weighted by Gasteiger charge is -2.58. The Morgan fingerprint density at radius 2 is 1.90 bits per heavy atom. The highest BCUT2D eigenvalue weighted by Crippen LogP contribution is 2.55. The first kappa shape index (κ1) is 12.6. The molecule has 0 aromatic heterocycles. The van der Waals surface area contributed by atoms with Crippen LogP contribution in [0, 0.1) is 5.41 Å². The largest absolute Gasteiger partial charge is 0.398 e. The maximum Gasteiger partial charge on any atom is 0.0422 e. The number of nitrogens with two attached hydrogens (primary N) is 1. The van der Waals surface area contributed by atoms with Crippen LogP contribution in [-0.2, 0) is 6.42 Å². The number of nitrogen functional groups attached to an aromatic ring is 1. The molecule has 4 rings (SSSR count). The third kappa shape index (κ3) is 1.77. The summed E-state index contributed by atoms with van der Waals surface area (Å²) in [5.41, 5.74) is 10.7. The van der Waals surface area contributed by atoms with Gasteiger partial charge in [0.1, 0.15) is 0 Å². The van der Waals surface area contributed by atoms with Gasteiger partial charge in [-0.25, -0.2) is 0 Å². The molecule has 1 unspecified atom stereocenters. The zero-order valence-electron chi connectivity index (χ0n) is 12.4. The van der Waals surface area contributed by atoms with Gasteiger partial charge in [-0.1, -0.05) is 25.3 Å².